The summed E-state index contributed by atoms with van der Waals surface area (Å²) in [6, 6.07) is 5.82. The van der Waals surface area contributed by atoms with Gasteiger partial charge in [0.1, 0.15) is 0 Å². The van der Waals surface area contributed by atoms with E-state index in [4.69, 9.17) is 5.10 Å². The van der Waals surface area contributed by atoms with Gasteiger partial charge in [-0.05, 0) is 48.6 Å². The van der Waals surface area contributed by atoms with Gasteiger partial charge >= 0.3 is 0 Å². The van der Waals surface area contributed by atoms with Crippen LogP contribution in [0.25, 0.3) is 5.82 Å². The van der Waals surface area contributed by atoms with Crippen LogP contribution in [0.1, 0.15) is 69.2 Å². The molecule has 2 aromatic rings. The van der Waals surface area contributed by atoms with Gasteiger partial charge < -0.3 is 0 Å². The number of pyridine rings is 1. The van der Waals surface area contributed by atoms with E-state index in [9.17, 15) is 4.79 Å². The Hall–Kier alpha value is -1.97. The lowest BCUT2D eigenvalue weighted by Gasteiger charge is -2.23. The average Bonchev–Trinajstić information content (AvgIpc) is 2.84. The molecule has 25 heavy (non-hydrogen) atoms. The molecule has 0 saturated carbocycles. The fraction of sp³-hybridized carbons (Fsp3) is 0.571. The summed E-state index contributed by atoms with van der Waals surface area (Å²) in [4.78, 5) is 17.2. The van der Waals surface area contributed by atoms with Crippen molar-refractivity contribution in [3.63, 3.8) is 0 Å². The lowest BCUT2D eigenvalue weighted by Crippen LogP contribution is -2.21. The van der Waals surface area contributed by atoms with Gasteiger partial charge in [-0.3, -0.25) is 4.79 Å². The zero-order chi connectivity index (χ0) is 18.2. The predicted octanol–water partition coefficient (Wildman–Crippen LogP) is 4.65. The third kappa shape index (κ3) is 4.00. The summed E-state index contributed by atoms with van der Waals surface area (Å²) in [5.74, 6) is 1.90. The number of ketones is 1. The molecule has 0 fully saturated rings. The molecule has 0 saturated heterocycles. The van der Waals surface area contributed by atoms with E-state index in [0.29, 0.717) is 18.3 Å². The van der Waals surface area contributed by atoms with Crippen molar-refractivity contribution >= 4 is 5.78 Å². The minimum Gasteiger partial charge on any atom is -0.294 e. The minimum absolute atomic E-state index is 0.244. The third-order valence-corrected chi connectivity index (χ3v) is 4.78. The maximum absolute atomic E-state index is 12.8. The van der Waals surface area contributed by atoms with Crippen molar-refractivity contribution in [3.05, 3.63) is 41.3 Å². The smallest absolute Gasteiger partial charge is 0.166 e. The van der Waals surface area contributed by atoms with E-state index < -0.39 is 0 Å². The van der Waals surface area contributed by atoms with Crippen LogP contribution in [0.15, 0.2) is 24.4 Å². The summed E-state index contributed by atoms with van der Waals surface area (Å²) in [5.41, 5.74) is 3.14. The molecule has 0 aliphatic heterocycles. The van der Waals surface area contributed by atoms with Crippen LogP contribution in [0, 0.1) is 17.3 Å². The maximum Gasteiger partial charge on any atom is 0.166 e. The first-order chi connectivity index (χ1) is 11.7. The van der Waals surface area contributed by atoms with Crippen molar-refractivity contribution in [2.75, 3.05) is 0 Å². The molecular formula is C21H29N3O. The molecule has 1 aliphatic rings. The Balaban J connectivity index is 2.00. The van der Waals surface area contributed by atoms with E-state index in [-0.39, 0.29) is 11.2 Å². The number of aromatic nitrogens is 3. The molecule has 2 unspecified atom stereocenters. The quantitative estimate of drug-likeness (QED) is 0.815. The van der Waals surface area contributed by atoms with Gasteiger partial charge in [0.2, 0.25) is 0 Å². The van der Waals surface area contributed by atoms with Gasteiger partial charge in [-0.2, -0.15) is 5.10 Å². The molecule has 0 radical (unpaired) electrons. The van der Waals surface area contributed by atoms with Crippen LogP contribution in [-0.4, -0.2) is 20.5 Å². The summed E-state index contributed by atoms with van der Waals surface area (Å²) in [5, 5.41) is 4.85. The fourth-order valence-corrected chi connectivity index (χ4v) is 4.09. The molecule has 0 bridgehead atoms. The Labute approximate surface area is 150 Å². The predicted molar refractivity (Wildman–Crippen MR) is 100 cm³/mol. The highest BCUT2D eigenvalue weighted by Crippen LogP contribution is 2.32. The molecule has 134 valence electrons. The number of hydrogen-bond donors (Lipinski definition) is 0. The molecule has 0 aromatic carbocycles. The second kappa shape index (κ2) is 6.74. The summed E-state index contributed by atoms with van der Waals surface area (Å²) >= 11 is 0. The first-order valence-electron chi connectivity index (χ1n) is 9.30. The summed E-state index contributed by atoms with van der Waals surface area (Å²) < 4.78 is 1.90. The van der Waals surface area contributed by atoms with Crippen LogP contribution in [0.4, 0.5) is 0 Å². The number of carbonyl (C=O) groups is 1. The SMILES string of the molecule is CC1CC(=O)c2c(CC(C)CC(C)(C)C)nn(-c3ccccn3)c2C1. The Kier molecular flexibility index (Phi) is 4.81. The number of carbonyl (C=O) groups excluding carboxylic acids is 1. The van der Waals surface area contributed by atoms with Gasteiger partial charge in [-0.15, -0.1) is 0 Å². The second-order valence-corrected chi connectivity index (χ2v) is 8.88. The van der Waals surface area contributed by atoms with E-state index in [1.165, 1.54) is 0 Å². The zero-order valence-electron chi connectivity index (χ0n) is 16.0. The van der Waals surface area contributed by atoms with Crippen molar-refractivity contribution in [2.24, 2.45) is 17.3 Å². The molecule has 0 spiro atoms. The van der Waals surface area contributed by atoms with Crippen LogP contribution in [0.5, 0.6) is 0 Å². The number of hydrogen-bond acceptors (Lipinski definition) is 3. The monoisotopic (exact) mass is 339 g/mol. The molecule has 0 N–H and O–H groups in total. The van der Waals surface area contributed by atoms with Crippen molar-refractivity contribution < 1.29 is 4.79 Å². The highest BCUT2D eigenvalue weighted by atomic mass is 16.1. The van der Waals surface area contributed by atoms with Crippen LogP contribution >= 0.6 is 0 Å². The third-order valence-electron chi connectivity index (χ3n) is 4.78. The number of Topliss-reactive ketones (excluding diaryl/α,β-unsaturated/α-hetero) is 1. The fourth-order valence-electron chi connectivity index (χ4n) is 4.09. The Morgan fingerprint density at radius 1 is 1.28 bits per heavy atom. The van der Waals surface area contributed by atoms with Gasteiger partial charge in [0.25, 0.3) is 0 Å². The van der Waals surface area contributed by atoms with Gasteiger partial charge in [-0.1, -0.05) is 40.7 Å². The molecule has 1 aliphatic carbocycles. The van der Waals surface area contributed by atoms with Gasteiger partial charge in [0.05, 0.1) is 17.0 Å². The van der Waals surface area contributed by atoms with Gasteiger partial charge in [0.15, 0.2) is 11.6 Å². The van der Waals surface area contributed by atoms with E-state index in [2.05, 4.69) is 39.6 Å². The molecule has 2 heterocycles. The van der Waals surface area contributed by atoms with Crippen LogP contribution in [0.2, 0.25) is 0 Å². The normalized spacial score (nSPS) is 18.9. The lowest BCUT2D eigenvalue weighted by atomic mass is 9.81. The highest BCUT2D eigenvalue weighted by Gasteiger charge is 2.31. The number of rotatable bonds is 4. The zero-order valence-corrected chi connectivity index (χ0v) is 16.0. The van der Waals surface area contributed by atoms with Crippen molar-refractivity contribution in [1.29, 1.82) is 0 Å². The Morgan fingerprint density at radius 3 is 2.68 bits per heavy atom. The molecule has 4 nitrogen and oxygen atoms in total. The Morgan fingerprint density at radius 2 is 2.04 bits per heavy atom. The molecule has 4 heteroatoms. The van der Waals surface area contributed by atoms with Crippen LogP contribution < -0.4 is 0 Å². The summed E-state index contributed by atoms with van der Waals surface area (Å²) in [7, 11) is 0. The van der Waals surface area contributed by atoms with Crippen molar-refractivity contribution in [2.45, 2.75) is 60.3 Å². The molecule has 2 atom stereocenters. The highest BCUT2D eigenvalue weighted by molar-refractivity contribution is 5.99. The largest absolute Gasteiger partial charge is 0.294 e. The lowest BCUT2D eigenvalue weighted by molar-refractivity contribution is 0.0951. The molecular weight excluding hydrogens is 310 g/mol. The molecule has 3 rings (SSSR count). The minimum atomic E-state index is 0.244. The topological polar surface area (TPSA) is 47.8 Å². The van der Waals surface area contributed by atoms with Gasteiger partial charge in [-0.25, -0.2) is 9.67 Å². The van der Waals surface area contributed by atoms with Crippen molar-refractivity contribution in [1.82, 2.24) is 14.8 Å². The van der Waals surface area contributed by atoms with E-state index in [0.717, 1.165) is 42.0 Å². The number of nitrogens with zero attached hydrogens (tertiary/aromatic N) is 3. The molecule has 0 amide bonds. The Bertz CT molecular complexity index is 755. The first kappa shape index (κ1) is 17.8. The first-order valence-corrected chi connectivity index (χ1v) is 9.30. The summed E-state index contributed by atoms with van der Waals surface area (Å²) in [6.07, 6.45) is 5.25. The van der Waals surface area contributed by atoms with Crippen LogP contribution in [-0.2, 0) is 12.8 Å². The van der Waals surface area contributed by atoms with E-state index in [1.54, 1.807) is 6.20 Å². The number of fused-ring (bicyclic) bond motifs is 1. The summed E-state index contributed by atoms with van der Waals surface area (Å²) in [6.45, 7) is 11.2. The van der Waals surface area contributed by atoms with Crippen molar-refractivity contribution in [3.8, 4) is 5.82 Å². The maximum atomic E-state index is 12.8. The van der Waals surface area contributed by atoms with E-state index >= 15 is 0 Å². The average molecular weight is 339 g/mol. The standard InChI is InChI=1S/C21H29N3O/c1-14-11-17-20(18(25)12-14)16(10-15(2)13-21(3,4)5)23-24(17)19-8-6-7-9-22-19/h6-9,14-15H,10-13H2,1-5H3. The second-order valence-electron chi connectivity index (χ2n) is 8.88. The van der Waals surface area contributed by atoms with E-state index in [1.807, 2.05) is 22.9 Å². The van der Waals surface area contributed by atoms with Gasteiger partial charge in [0, 0.05) is 12.6 Å². The van der Waals surface area contributed by atoms with Crippen LogP contribution in [0.3, 0.4) is 0 Å². The molecule has 2 aromatic heterocycles.